The number of aryl methyl sites for hydroxylation is 2. The number of hydrogen-bond acceptors (Lipinski definition) is 4. The van der Waals surface area contributed by atoms with E-state index in [0.717, 1.165) is 22.6 Å². The average Bonchev–Trinajstić information content (AvgIpc) is 2.26. The second-order valence-corrected chi connectivity index (χ2v) is 3.98. The van der Waals surface area contributed by atoms with Crippen LogP contribution in [-0.2, 0) is 0 Å². The van der Waals surface area contributed by atoms with Crippen LogP contribution in [0, 0.1) is 13.8 Å². The summed E-state index contributed by atoms with van der Waals surface area (Å²) < 4.78 is 5.31. The van der Waals surface area contributed by atoms with Gasteiger partial charge in [-0.25, -0.2) is 0 Å². The van der Waals surface area contributed by atoms with Crippen molar-refractivity contribution in [3.8, 4) is 5.75 Å². The third-order valence-electron chi connectivity index (χ3n) is 2.44. The Bertz CT molecular complexity index is 353. The van der Waals surface area contributed by atoms with Crippen LogP contribution < -0.4 is 15.8 Å². The molecular formula is C12H20N2O2. The van der Waals surface area contributed by atoms with Crippen LogP contribution in [0.25, 0.3) is 0 Å². The van der Waals surface area contributed by atoms with Gasteiger partial charge >= 0.3 is 0 Å². The molecule has 16 heavy (non-hydrogen) atoms. The first-order chi connectivity index (χ1) is 7.58. The molecule has 0 heterocycles. The number of nitrogens with two attached hydrogens (primary N) is 1. The van der Waals surface area contributed by atoms with Gasteiger partial charge in [0, 0.05) is 12.6 Å². The first-order valence-electron chi connectivity index (χ1n) is 5.34. The van der Waals surface area contributed by atoms with Crippen molar-refractivity contribution >= 4 is 5.69 Å². The molecule has 0 aliphatic heterocycles. The first-order valence-corrected chi connectivity index (χ1v) is 5.34. The molecule has 0 aliphatic carbocycles. The van der Waals surface area contributed by atoms with E-state index < -0.39 is 0 Å². The van der Waals surface area contributed by atoms with Crippen LogP contribution in [0.2, 0.25) is 0 Å². The summed E-state index contributed by atoms with van der Waals surface area (Å²) in [4.78, 5) is 0. The van der Waals surface area contributed by atoms with Crippen molar-refractivity contribution < 1.29 is 9.84 Å². The molecule has 4 heteroatoms. The van der Waals surface area contributed by atoms with Crippen LogP contribution in [0.4, 0.5) is 5.69 Å². The van der Waals surface area contributed by atoms with Gasteiger partial charge in [-0.05, 0) is 31.0 Å². The smallest absolute Gasteiger partial charge is 0.142 e. The molecule has 0 fully saturated rings. The molecule has 0 aliphatic rings. The molecule has 4 N–H and O–H groups in total. The topological polar surface area (TPSA) is 67.5 Å². The molecule has 1 rings (SSSR count). The van der Waals surface area contributed by atoms with E-state index in [2.05, 4.69) is 11.4 Å². The number of anilines is 1. The van der Waals surface area contributed by atoms with Gasteiger partial charge in [-0.1, -0.05) is 6.07 Å². The molecule has 1 unspecified atom stereocenters. The lowest BCUT2D eigenvalue weighted by Gasteiger charge is -2.17. The molecule has 0 saturated carbocycles. The van der Waals surface area contributed by atoms with E-state index in [1.165, 1.54) is 0 Å². The Kier molecular flexibility index (Phi) is 4.58. The minimum Gasteiger partial charge on any atom is -0.495 e. The molecule has 0 bridgehead atoms. The highest BCUT2D eigenvalue weighted by Gasteiger charge is 2.08. The summed E-state index contributed by atoms with van der Waals surface area (Å²) in [7, 11) is 1.64. The lowest BCUT2D eigenvalue weighted by atomic mass is 10.1. The fraction of sp³-hybridized carbons (Fsp3) is 0.500. The SMILES string of the molecule is COc1cc(C)cc(C)c1NCC(N)CO. The predicted molar refractivity (Wildman–Crippen MR) is 66.0 cm³/mol. The second-order valence-electron chi connectivity index (χ2n) is 3.98. The lowest BCUT2D eigenvalue weighted by Crippen LogP contribution is -2.32. The third kappa shape index (κ3) is 3.12. The van der Waals surface area contributed by atoms with Gasteiger partial charge in [0.1, 0.15) is 5.75 Å². The highest BCUT2D eigenvalue weighted by atomic mass is 16.5. The number of rotatable bonds is 5. The van der Waals surface area contributed by atoms with E-state index in [4.69, 9.17) is 15.6 Å². The van der Waals surface area contributed by atoms with Gasteiger partial charge in [-0.15, -0.1) is 0 Å². The summed E-state index contributed by atoms with van der Waals surface area (Å²) in [6.07, 6.45) is 0. The second kappa shape index (κ2) is 5.72. The Morgan fingerprint density at radius 3 is 2.69 bits per heavy atom. The molecule has 4 nitrogen and oxygen atoms in total. The van der Waals surface area contributed by atoms with E-state index in [-0.39, 0.29) is 12.6 Å². The molecule has 1 atom stereocenters. The van der Waals surface area contributed by atoms with Gasteiger partial charge in [-0.2, -0.15) is 0 Å². The zero-order valence-corrected chi connectivity index (χ0v) is 10.1. The van der Waals surface area contributed by atoms with Crippen molar-refractivity contribution in [1.29, 1.82) is 0 Å². The zero-order chi connectivity index (χ0) is 12.1. The number of aliphatic hydroxyl groups excluding tert-OH is 1. The molecule has 0 radical (unpaired) electrons. The van der Waals surface area contributed by atoms with E-state index >= 15 is 0 Å². The number of nitrogens with one attached hydrogen (secondary N) is 1. The molecule has 0 aromatic heterocycles. The lowest BCUT2D eigenvalue weighted by molar-refractivity contribution is 0.270. The van der Waals surface area contributed by atoms with Gasteiger partial charge in [0.05, 0.1) is 19.4 Å². The minimum absolute atomic E-state index is 0.0276. The largest absolute Gasteiger partial charge is 0.495 e. The summed E-state index contributed by atoms with van der Waals surface area (Å²) in [5.41, 5.74) is 8.85. The highest BCUT2D eigenvalue weighted by Crippen LogP contribution is 2.29. The highest BCUT2D eigenvalue weighted by molar-refractivity contribution is 5.63. The van der Waals surface area contributed by atoms with Crippen LogP contribution in [0.15, 0.2) is 12.1 Å². The van der Waals surface area contributed by atoms with E-state index in [9.17, 15) is 0 Å². The van der Waals surface area contributed by atoms with Gasteiger partial charge in [-0.3, -0.25) is 0 Å². The van der Waals surface area contributed by atoms with Gasteiger partial charge in [0.15, 0.2) is 0 Å². The van der Waals surface area contributed by atoms with Crippen molar-refractivity contribution in [2.24, 2.45) is 5.73 Å². The maximum Gasteiger partial charge on any atom is 0.142 e. The van der Waals surface area contributed by atoms with Gasteiger partial charge in [0.25, 0.3) is 0 Å². The summed E-state index contributed by atoms with van der Waals surface area (Å²) >= 11 is 0. The standard InChI is InChI=1S/C12H20N2O2/c1-8-4-9(2)12(11(5-8)16-3)14-6-10(13)7-15/h4-5,10,14-15H,6-7,13H2,1-3H3. The van der Waals surface area contributed by atoms with E-state index in [1.807, 2.05) is 19.9 Å². The number of ether oxygens (including phenoxy) is 1. The van der Waals surface area contributed by atoms with Crippen LogP contribution in [-0.4, -0.2) is 31.4 Å². The number of methoxy groups -OCH3 is 1. The predicted octanol–water partition coefficient (Wildman–Crippen LogP) is 1.04. The van der Waals surface area contributed by atoms with E-state index in [0.29, 0.717) is 6.54 Å². The number of benzene rings is 1. The van der Waals surface area contributed by atoms with Crippen LogP contribution in [0.1, 0.15) is 11.1 Å². The number of hydrogen-bond donors (Lipinski definition) is 3. The average molecular weight is 224 g/mol. The van der Waals surface area contributed by atoms with Crippen molar-refractivity contribution in [1.82, 2.24) is 0 Å². The number of aliphatic hydroxyl groups is 1. The third-order valence-corrected chi connectivity index (χ3v) is 2.44. The van der Waals surface area contributed by atoms with Gasteiger partial charge in [0.2, 0.25) is 0 Å². The molecule has 1 aromatic rings. The summed E-state index contributed by atoms with van der Waals surface area (Å²) in [5.74, 6) is 0.808. The van der Waals surface area contributed by atoms with E-state index in [1.54, 1.807) is 7.11 Å². The van der Waals surface area contributed by atoms with Crippen molar-refractivity contribution in [3.05, 3.63) is 23.3 Å². The maximum atomic E-state index is 8.86. The summed E-state index contributed by atoms with van der Waals surface area (Å²) in [6.45, 7) is 4.54. The summed E-state index contributed by atoms with van der Waals surface area (Å²) in [6, 6.07) is 3.79. The fourth-order valence-corrected chi connectivity index (χ4v) is 1.61. The van der Waals surface area contributed by atoms with Crippen LogP contribution in [0.5, 0.6) is 5.75 Å². The fourth-order valence-electron chi connectivity index (χ4n) is 1.61. The Hall–Kier alpha value is -1.26. The molecule has 0 amide bonds. The van der Waals surface area contributed by atoms with Gasteiger partial charge < -0.3 is 20.9 Å². The van der Waals surface area contributed by atoms with Crippen LogP contribution >= 0.6 is 0 Å². The zero-order valence-electron chi connectivity index (χ0n) is 10.1. The Morgan fingerprint density at radius 2 is 2.12 bits per heavy atom. The first kappa shape index (κ1) is 12.8. The summed E-state index contributed by atoms with van der Waals surface area (Å²) in [5, 5.41) is 12.1. The monoisotopic (exact) mass is 224 g/mol. The van der Waals surface area contributed by atoms with Crippen molar-refractivity contribution in [2.75, 3.05) is 25.6 Å². The normalized spacial score (nSPS) is 12.3. The molecule has 1 aromatic carbocycles. The Morgan fingerprint density at radius 1 is 1.44 bits per heavy atom. The Labute approximate surface area is 96.4 Å². The minimum atomic E-state index is -0.259. The maximum absolute atomic E-state index is 8.86. The van der Waals surface area contributed by atoms with Crippen LogP contribution in [0.3, 0.4) is 0 Å². The molecule has 0 saturated heterocycles. The molecular weight excluding hydrogens is 204 g/mol. The van der Waals surface area contributed by atoms with Crippen molar-refractivity contribution in [3.63, 3.8) is 0 Å². The molecule has 90 valence electrons. The Balaban J connectivity index is 2.85. The quantitative estimate of drug-likeness (QED) is 0.699. The molecule has 0 spiro atoms. The van der Waals surface area contributed by atoms with Crippen molar-refractivity contribution in [2.45, 2.75) is 19.9 Å².